The smallest absolute Gasteiger partial charge is 0.243 e. The minimum absolute atomic E-state index is 0.0526. The first-order valence-electron chi connectivity index (χ1n) is 10.0. The van der Waals surface area contributed by atoms with Crippen LogP contribution < -0.4 is 5.32 Å². The number of carbonyl (C=O) groups is 2. The number of nitrogens with zero attached hydrogens (tertiary/aromatic N) is 3. The van der Waals surface area contributed by atoms with E-state index in [-0.39, 0.29) is 17.9 Å². The van der Waals surface area contributed by atoms with Gasteiger partial charge in [0.25, 0.3) is 0 Å². The van der Waals surface area contributed by atoms with E-state index in [9.17, 15) is 9.59 Å². The SMILES string of the molecule is Cc1nc(NC(=O)C(C)N2CCN(C(=O)C(C)(C)c3ccccc3)CC2)sc1C. The van der Waals surface area contributed by atoms with Crippen LogP contribution in [0.4, 0.5) is 5.13 Å². The second-order valence-electron chi connectivity index (χ2n) is 8.15. The fourth-order valence-corrected chi connectivity index (χ4v) is 4.41. The van der Waals surface area contributed by atoms with Crippen LogP contribution in [0.5, 0.6) is 0 Å². The zero-order chi connectivity index (χ0) is 21.2. The molecule has 0 spiro atoms. The number of aromatic nitrogens is 1. The van der Waals surface area contributed by atoms with E-state index in [1.165, 1.54) is 11.3 Å². The summed E-state index contributed by atoms with van der Waals surface area (Å²) in [6.45, 7) is 12.4. The van der Waals surface area contributed by atoms with Crippen LogP contribution in [0.25, 0.3) is 0 Å². The molecular formula is C22H30N4O2S. The molecule has 1 aromatic carbocycles. The topological polar surface area (TPSA) is 65.5 Å². The summed E-state index contributed by atoms with van der Waals surface area (Å²) in [5, 5.41) is 3.58. The number of benzene rings is 1. The van der Waals surface area contributed by atoms with Gasteiger partial charge in [0, 0.05) is 31.1 Å². The molecule has 7 heteroatoms. The van der Waals surface area contributed by atoms with Crippen LogP contribution in [0.2, 0.25) is 0 Å². The predicted molar refractivity (Wildman–Crippen MR) is 117 cm³/mol. The van der Waals surface area contributed by atoms with E-state index in [0.29, 0.717) is 31.3 Å². The highest BCUT2D eigenvalue weighted by molar-refractivity contribution is 7.15. The molecule has 1 atom stereocenters. The number of aryl methyl sites for hydroxylation is 2. The van der Waals surface area contributed by atoms with Crippen LogP contribution in [0, 0.1) is 13.8 Å². The van der Waals surface area contributed by atoms with Gasteiger partial charge in [0.05, 0.1) is 17.2 Å². The maximum absolute atomic E-state index is 13.1. The van der Waals surface area contributed by atoms with Gasteiger partial charge in [0.1, 0.15) is 0 Å². The number of anilines is 1. The van der Waals surface area contributed by atoms with Gasteiger partial charge in [-0.3, -0.25) is 14.5 Å². The van der Waals surface area contributed by atoms with E-state index in [2.05, 4.69) is 15.2 Å². The van der Waals surface area contributed by atoms with Gasteiger partial charge in [-0.15, -0.1) is 11.3 Å². The number of piperazine rings is 1. The number of hydrogen-bond acceptors (Lipinski definition) is 5. The number of hydrogen-bond donors (Lipinski definition) is 1. The third-order valence-corrected chi connectivity index (χ3v) is 6.81. The molecule has 6 nitrogen and oxygen atoms in total. The Morgan fingerprint density at radius 3 is 2.28 bits per heavy atom. The molecule has 2 aromatic rings. The quantitative estimate of drug-likeness (QED) is 0.816. The number of carbonyl (C=O) groups excluding carboxylic acids is 2. The number of rotatable bonds is 5. The van der Waals surface area contributed by atoms with Crippen molar-refractivity contribution < 1.29 is 9.59 Å². The molecule has 0 aliphatic carbocycles. The molecule has 156 valence electrons. The zero-order valence-electron chi connectivity index (χ0n) is 17.9. The van der Waals surface area contributed by atoms with Crippen molar-refractivity contribution in [2.75, 3.05) is 31.5 Å². The van der Waals surface area contributed by atoms with Gasteiger partial charge < -0.3 is 10.2 Å². The normalized spacial score (nSPS) is 16.5. The molecule has 1 aromatic heterocycles. The second kappa shape index (κ2) is 8.63. The Hall–Kier alpha value is -2.25. The molecule has 2 heterocycles. The summed E-state index contributed by atoms with van der Waals surface area (Å²) in [6, 6.07) is 9.63. The average Bonchev–Trinajstić information content (AvgIpc) is 3.04. The molecule has 1 fully saturated rings. The third-order valence-electron chi connectivity index (χ3n) is 5.82. The van der Waals surface area contributed by atoms with Crippen molar-refractivity contribution in [2.24, 2.45) is 0 Å². The number of nitrogens with one attached hydrogen (secondary N) is 1. The Kier molecular flexibility index (Phi) is 6.39. The third kappa shape index (κ3) is 4.67. The summed E-state index contributed by atoms with van der Waals surface area (Å²) < 4.78 is 0. The summed E-state index contributed by atoms with van der Waals surface area (Å²) in [5.41, 5.74) is 1.41. The van der Waals surface area contributed by atoms with E-state index in [4.69, 9.17) is 0 Å². The zero-order valence-corrected chi connectivity index (χ0v) is 18.7. The summed E-state index contributed by atoms with van der Waals surface area (Å²) >= 11 is 1.50. The minimum Gasteiger partial charge on any atom is -0.339 e. The lowest BCUT2D eigenvalue weighted by Crippen LogP contribution is -2.56. The van der Waals surface area contributed by atoms with E-state index in [0.717, 1.165) is 16.1 Å². The minimum atomic E-state index is -0.563. The molecule has 0 bridgehead atoms. The first-order chi connectivity index (χ1) is 13.7. The molecule has 1 N–H and O–H groups in total. The van der Waals surface area contributed by atoms with Gasteiger partial charge in [-0.2, -0.15) is 0 Å². The van der Waals surface area contributed by atoms with Crippen LogP contribution in [-0.2, 0) is 15.0 Å². The van der Waals surface area contributed by atoms with Crippen molar-refractivity contribution in [3.8, 4) is 0 Å². The fourth-order valence-electron chi connectivity index (χ4n) is 3.59. The first kappa shape index (κ1) is 21.5. The maximum atomic E-state index is 13.1. The van der Waals surface area contributed by atoms with E-state index in [1.54, 1.807) is 0 Å². The maximum Gasteiger partial charge on any atom is 0.243 e. The molecule has 3 rings (SSSR count). The van der Waals surface area contributed by atoms with E-state index < -0.39 is 5.41 Å². The largest absolute Gasteiger partial charge is 0.339 e. The van der Waals surface area contributed by atoms with Gasteiger partial charge in [-0.05, 0) is 40.2 Å². The number of amides is 2. The highest BCUT2D eigenvalue weighted by Crippen LogP contribution is 2.26. The van der Waals surface area contributed by atoms with E-state index in [1.807, 2.05) is 69.9 Å². The molecule has 2 amide bonds. The van der Waals surface area contributed by atoms with Crippen molar-refractivity contribution in [2.45, 2.75) is 46.1 Å². The highest BCUT2D eigenvalue weighted by atomic mass is 32.1. The van der Waals surface area contributed by atoms with Crippen molar-refractivity contribution in [3.63, 3.8) is 0 Å². The van der Waals surface area contributed by atoms with Crippen molar-refractivity contribution in [3.05, 3.63) is 46.5 Å². The lowest BCUT2D eigenvalue weighted by molar-refractivity contribution is -0.138. The molecule has 0 saturated carbocycles. The van der Waals surface area contributed by atoms with Gasteiger partial charge in [0.15, 0.2) is 5.13 Å². The standard InChI is InChI=1S/C22H30N4O2S/c1-15-17(3)29-21(23-15)24-19(27)16(2)25-11-13-26(14-12-25)20(28)22(4,5)18-9-7-6-8-10-18/h6-10,16H,11-14H2,1-5H3,(H,23,24,27). The summed E-state index contributed by atoms with van der Waals surface area (Å²) in [4.78, 5) is 35.3. The molecule has 1 unspecified atom stereocenters. The van der Waals surface area contributed by atoms with Gasteiger partial charge >= 0.3 is 0 Å². The van der Waals surface area contributed by atoms with Crippen molar-refractivity contribution in [1.29, 1.82) is 0 Å². The van der Waals surface area contributed by atoms with Crippen LogP contribution in [-0.4, -0.2) is 58.8 Å². The molecule has 1 aliphatic heterocycles. The fraction of sp³-hybridized carbons (Fsp3) is 0.500. The highest BCUT2D eigenvalue weighted by Gasteiger charge is 2.36. The molecular weight excluding hydrogens is 384 g/mol. The summed E-state index contributed by atoms with van der Waals surface area (Å²) in [7, 11) is 0. The van der Waals surface area contributed by atoms with Crippen LogP contribution in [0.3, 0.4) is 0 Å². The summed E-state index contributed by atoms with van der Waals surface area (Å²) in [6.07, 6.45) is 0. The molecule has 0 radical (unpaired) electrons. The van der Waals surface area contributed by atoms with Gasteiger partial charge in [-0.25, -0.2) is 4.98 Å². The van der Waals surface area contributed by atoms with Crippen LogP contribution in [0.15, 0.2) is 30.3 Å². The van der Waals surface area contributed by atoms with Crippen molar-refractivity contribution in [1.82, 2.24) is 14.8 Å². The van der Waals surface area contributed by atoms with E-state index >= 15 is 0 Å². The second-order valence-corrected chi connectivity index (χ2v) is 9.35. The Morgan fingerprint density at radius 2 is 1.72 bits per heavy atom. The Morgan fingerprint density at radius 1 is 1.10 bits per heavy atom. The molecule has 29 heavy (non-hydrogen) atoms. The molecule has 1 aliphatic rings. The number of thiazole rings is 1. The van der Waals surface area contributed by atoms with Crippen molar-refractivity contribution >= 4 is 28.3 Å². The molecule has 1 saturated heterocycles. The Balaban J connectivity index is 1.56. The average molecular weight is 415 g/mol. The van der Waals surface area contributed by atoms with Crippen LogP contribution >= 0.6 is 11.3 Å². The Labute approximate surface area is 176 Å². The van der Waals surface area contributed by atoms with Gasteiger partial charge in [-0.1, -0.05) is 30.3 Å². The van der Waals surface area contributed by atoms with Crippen LogP contribution in [0.1, 0.15) is 36.9 Å². The first-order valence-corrected chi connectivity index (χ1v) is 10.9. The lowest BCUT2D eigenvalue weighted by Gasteiger charge is -2.40. The monoisotopic (exact) mass is 414 g/mol. The lowest BCUT2D eigenvalue weighted by atomic mass is 9.83. The Bertz CT molecular complexity index is 851. The predicted octanol–water partition coefficient (Wildman–Crippen LogP) is 3.21. The summed E-state index contributed by atoms with van der Waals surface area (Å²) in [5.74, 6) is 0.0809. The van der Waals surface area contributed by atoms with Gasteiger partial charge in [0.2, 0.25) is 11.8 Å².